The maximum Gasteiger partial charge on any atom is 0.312 e. The Balaban J connectivity index is 1.69. The Kier molecular flexibility index (Phi) is 7.21. The number of benzene rings is 1. The minimum Gasteiger partial charge on any atom is -0.425 e. The van der Waals surface area contributed by atoms with E-state index in [1.165, 1.54) is 11.8 Å². The summed E-state index contributed by atoms with van der Waals surface area (Å²) in [4.78, 5) is 13.9. The lowest BCUT2D eigenvalue weighted by Gasteiger charge is -2.28. The van der Waals surface area contributed by atoms with Crippen molar-refractivity contribution >= 4 is 56.9 Å². The van der Waals surface area contributed by atoms with Crippen LogP contribution in [0.4, 0.5) is 0 Å². The molecule has 0 amide bonds. The van der Waals surface area contributed by atoms with Gasteiger partial charge in [0.05, 0.1) is 23.2 Å². The van der Waals surface area contributed by atoms with Crippen molar-refractivity contribution < 1.29 is 14.3 Å². The van der Waals surface area contributed by atoms with Gasteiger partial charge in [-0.3, -0.25) is 4.79 Å². The molecule has 1 aliphatic rings. The normalized spacial score (nSPS) is 14.8. The van der Waals surface area contributed by atoms with E-state index in [0.717, 1.165) is 34.2 Å². The fraction of sp³-hybridized carbons (Fsp3) is 0.429. The van der Waals surface area contributed by atoms with E-state index < -0.39 is 0 Å². The number of para-hydroxylation sites is 1. The molecular formula is C14H16INO3S2. The van der Waals surface area contributed by atoms with Gasteiger partial charge >= 0.3 is 5.97 Å². The molecule has 2 rings (SSSR count). The average Bonchev–Trinajstić information content (AvgIpc) is 2.50. The number of thiocarbonyl (C=S) groups is 1. The van der Waals surface area contributed by atoms with Crippen LogP contribution < -0.4 is 4.74 Å². The first-order valence-corrected chi connectivity index (χ1v) is 9.09. The molecule has 0 radical (unpaired) electrons. The second-order valence-corrected chi connectivity index (χ2v) is 7.26. The molecule has 0 unspecified atom stereocenters. The number of rotatable bonds is 4. The number of hydrogen-bond acceptors (Lipinski definition) is 5. The van der Waals surface area contributed by atoms with Gasteiger partial charge in [-0.15, -0.1) is 0 Å². The SMILES string of the molecule is O=C(CCSC(=S)N1CCOCC1)Oc1ccccc1I. The smallest absolute Gasteiger partial charge is 0.312 e. The highest BCUT2D eigenvalue weighted by molar-refractivity contribution is 14.1. The molecular weight excluding hydrogens is 421 g/mol. The summed E-state index contributed by atoms with van der Waals surface area (Å²) in [6.07, 6.45) is 0.347. The van der Waals surface area contributed by atoms with Crippen LogP contribution in [-0.2, 0) is 9.53 Å². The molecule has 1 fully saturated rings. The third kappa shape index (κ3) is 5.72. The van der Waals surface area contributed by atoms with Gasteiger partial charge in [-0.05, 0) is 34.7 Å². The summed E-state index contributed by atoms with van der Waals surface area (Å²) in [6.45, 7) is 3.10. The number of ether oxygens (including phenoxy) is 2. The molecule has 0 bridgehead atoms. The highest BCUT2D eigenvalue weighted by atomic mass is 127. The third-order valence-corrected chi connectivity index (χ3v) is 5.28. The molecule has 0 saturated carbocycles. The summed E-state index contributed by atoms with van der Waals surface area (Å²) >= 11 is 9.03. The van der Waals surface area contributed by atoms with E-state index in [0.29, 0.717) is 17.9 Å². The van der Waals surface area contributed by atoms with Crippen molar-refractivity contribution in [2.75, 3.05) is 32.1 Å². The van der Waals surface area contributed by atoms with E-state index in [1.54, 1.807) is 6.07 Å². The molecule has 0 aromatic heterocycles. The molecule has 0 aliphatic carbocycles. The average molecular weight is 437 g/mol. The summed E-state index contributed by atoms with van der Waals surface area (Å²) in [7, 11) is 0. The maximum atomic E-state index is 11.8. The second kappa shape index (κ2) is 8.92. The summed E-state index contributed by atoms with van der Waals surface area (Å²) in [5.41, 5.74) is 0. The van der Waals surface area contributed by atoms with Gasteiger partial charge < -0.3 is 14.4 Å². The van der Waals surface area contributed by atoms with E-state index in [4.69, 9.17) is 21.7 Å². The second-order valence-electron chi connectivity index (χ2n) is 4.37. The number of nitrogens with zero attached hydrogens (tertiary/aromatic N) is 1. The van der Waals surface area contributed by atoms with E-state index in [9.17, 15) is 4.79 Å². The zero-order chi connectivity index (χ0) is 15.1. The van der Waals surface area contributed by atoms with Gasteiger partial charge in [-0.25, -0.2) is 0 Å². The number of halogens is 1. The molecule has 4 nitrogen and oxygen atoms in total. The molecule has 114 valence electrons. The van der Waals surface area contributed by atoms with Crippen molar-refractivity contribution in [3.8, 4) is 5.75 Å². The molecule has 21 heavy (non-hydrogen) atoms. The van der Waals surface area contributed by atoms with Crippen LogP contribution in [0.25, 0.3) is 0 Å². The fourth-order valence-corrected chi connectivity index (χ4v) is 3.50. The Morgan fingerprint density at radius 2 is 2.10 bits per heavy atom. The number of esters is 1. The van der Waals surface area contributed by atoms with Gasteiger partial charge in [-0.1, -0.05) is 36.1 Å². The molecule has 0 spiro atoms. The minimum atomic E-state index is -0.226. The highest BCUT2D eigenvalue weighted by Crippen LogP contribution is 2.20. The monoisotopic (exact) mass is 437 g/mol. The number of carbonyl (C=O) groups excluding carboxylic acids is 1. The van der Waals surface area contributed by atoms with Gasteiger partial charge in [0.2, 0.25) is 0 Å². The van der Waals surface area contributed by atoms with Gasteiger partial charge in [0.1, 0.15) is 10.1 Å². The number of hydrogen-bond donors (Lipinski definition) is 0. The number of morpholine rings is 1. The van der Waals surface area contributed by atoms with E-state index in [1.807, 2.05) is 18.2 Å². The molecule has 1 heterocycles. The quantitative estimate of drug-likeness (QED) is 0.312. The van der Waals surface area contributed by atoms with Crippen LogP contribution in [0.2, 0.25) is 0 Å². The van der Waals surface area contributed by atoms with Crippen LogP contribution in [0.1, 0.15) is 6.42 Å². The van der Waals surface area contributed by atoms with E-state index >= 15 is 0 Å². The van der Waals surface area contributed by atoms with E-state index in [2.05, 4.69) is 27.5 Å². The van der Waals surface area contributed by atoms with Crippen LogP contribution >= 0.6 is 46.6 Å². The first-order chi connectivity index (χ1) is 10.2. The standard InChI is InChI=1S/C14H16INO3S2/c15-11-3-1-2-4-12(11)19-13(17)5-10-21-14(20)16-6-8-18-9-7-16/h1-4H,5-10H2. The predicted octanol–water partition coefficient (Wildman–Crippen LogP) is 2.94. The van der Waals surface area contributed by atoms with Crippen molar-refractivity contribution in [3.63, 3.8) is 0 Å². The van der Waals surface area contributed by atoms with E-state index in [-0.39, 0.29) is 5.97 Å². The lowest BCUT2D eigenvalue weighted by molar-refractivity contribution is -0.133. The molecule has 0 atom stereocenters. The molecule has 7 heteroatoms. The van der Waals surface area contributed by atoms with Crippen molar-refractivity contribution in [1.82, 2.24) is 4.90 Å². The highest BCUT2D eigenvalue weighted by Gasteiger charge is 2.15. The lowest BCUT2D eigenvalue weighted by atomic mass is 10.3. The number of thioether (sulfide) groups is 1. The van der Waals surface area contributed by atoms with Gasteiger partial charge in [-0.2, -0.15) is 0 Å². The molecule has 1 aliphatic heterocycles. The predicted molar refractivity (Wildman–Crippen MR) is 96.9 cm³/mol. The summed E-state index contributed by atoms with van der Waals surface area (Å²) < 4.78 is 12.4. The molecule has 1 aromatic rings. The lowest BCUT2D eigenvalue weighted by Crippen LogP contribution is -2.38. The third-order valence-electron chi connectivity index (χ3n) is 2.86. The van der Waals surface area contributed by atoms with Gasteiger partial charge in [0, 0.05) is 18.8 Å². The van der Waals surface area contributed by atoms with Crippen molar-refractivity contribution in [1.29, 1.82) is 0 Å². The molecule has 0 N–H and O–H groups in total. The first-order valence-electron chi connectivity index (χ1n) is 6.61. The summed E-state index contributed by atoms with van der Waals surface area (Å²) in [5.74, 6) is 1.03. The first kappa shape index (κ1) is 17.0. The van der Waals surface area contributed by atoms with Crippen molar-refractivity contribution in [2.24, 2.45) is 0 Å². The van der Waals surface area contributed by atoms with Crippen LogP contribution in [0, 0.1) is 3.57 Å². The Labute approximate surface area is 147 Å². The molecule has 1 saturated heterocycles. The Morgan fingerprint density at radius 1 is 1.38 bits per heavy atom. The Morgan fingerprint density at radius 3 is 2.81 bits per heavy atom. The maximum absolute atomic E-state index is 11.8. The fourth-order valence-electron chi connectivity index (χ4n) is 1.76. The number of carbonyl (C=O) groups is 1. The Hall–Kier alpha value is -0.380. The summed E-state index contributed by atoms with van der Waals surface area (Å²) in [5, 5.41) is 0. The zero-order valence-corrected chi connectivity index (χ0v) is 15.2. The van der Waals surface area contributed by atoms with Crippen LogP contribution in [0.15, 0.2) is 24.3 Å². The van der Waals surface area contributed by atoms with Crippen LogP contribution in [0.3, 0.4) is 0 Å². The van der Waals surface area contributed by atoms with Crippen LogP contribution in [0.5, 0.6) is 5.75 Å². The largest absolute Gasteiger partial charge is 0.425 e. The minimum absolute atomic E-state index is 0.226. The van der Waals surface area contributed by atoms with Gasteiger partial charge in [0.25, 0.3) is 0 Å². The van der Waals surface area contributed by atoms with Crippen molar-refractivity contribution in [3.05, 3.63) is 27.8 Å². The molecule has 1 aromatic carbocycles. The van der Waals surface area contributed by atoms with Crippen molar-refractivity contribution in [2.45, 2.75) is 6.42 Å². The van der Waals surface area contributed by atoms with Crippen LogP contribution in [-0.4, -0.2) is 47.2 Å². The Bertz CT molecular complexity index is 507. The summed E-state index contributed by atoms with van der Waals surface area (Å²) in [6, 6.07) is 7.47. The zero-order valence-electron chi connectivity index (χ0n) is 11.4. The van der Waals surface area contributed by atoms with Gasteiger partial charge in [0.15, 0.2) is 0 Å². The topological polar surface area (TPSA) is 38.8 Å².